The highest BCUT2D eigenvalue weighted by Crippen LogP contribution is 2.45. The molecule has 0 N–H and O–H groups in total. The summed E-state index contributed by atoms with van der Waals surface area (Å²) < 4.78 is 106. The molecule has 0 heterocycles. The number of aryl methyl sites for hydroxylation is 1. The number of carbonyl (C=O) groups is 1. The van der Waals surface area contributed by atoms with Crippen LogP contribution in [0, 0.1) is 0 Å². The average Bonchev–Trinajstić information content (AvgIpc) is 3.13. The monoisotopic (exact) mass is 855 g/mol. The third kappa shape index (κ3) is 11.8. The van der Waals surface area contributed by atoms with Gasteiger partial charge in [0.1, 0.15) is 11.4 Å². The van der Waals surface area contributed by atoms with E-state index in [1.54, 1.807) is 32.9 Å². The number of halogens is 8. The molecule has 4 aromatic carbocycles. The van der Waals surface area contributed by atoms with Gasteiger partial charge in [0.05, 0.1) is 11.1 Å². The van der Waals surface area contributed by atoms with Gasteiger partial charge in [0, 0.05) is 23.1 Å². The van der Waals surface area contributed by atoms with Crippen molar-refractivity contribution in [3.05, 3.63) is 135 Å². The van der Waals surface area contributed by atoms with Gasteiger partial charge in [-0.05, 0) is 125 Å². The summed E-state index contributed by atoms with van der Waals surface area (Å²) in [6.45, 7) is 9.04. The van der Waals surface area contributed by atoms with Gasteiger partial charge in [-0.3, -0.25) is 4.90 Å². The number of ether oxygens (including phenoxy) is 3. The number of rotatable bonds is 16. The van der Waals surface area contributed by atoms with Crippen molar-refractivity contribution in [2.24, 2.45) is 0 Å². The van der Waals surface area contributed by atoms with Crippen molar-refractivity contribution < 1.29 is 49.8 Å². The predicted octanol–water partition coefficient (Wildman–Crippen LogP) is 11.4. The van der Waals surface area contributed by atoms with E-state index in [0.29, 0.717) is 36.5 Å². The van der Waals surface area contributed by atoms with Gasteiger partial charge in [-0.25, -0.2) is 4.79 Å². The standard InChI is InChI=1S/C42H45Cl2F6NO5Si/c1-27(29-11-8-12-30(26-29)37(52)55-38(2,3)4)36(40(53-7,41(45,46)47)56-57-42(48,49)50)54-35-23-13-28(14-24-35)10-9-25-51(6)39(5,31-15-19-33(43)20-16-31)32-17-21-34(44)22-18-32/h8,11-24,26-27,36H,9-10,25H2,1-7H3. The van der Waals surface area contributed by atoms with Crippen LogP contribution < -0.4 is 4.74 Å². The second kappa shape index (κ2) is 18.5. The Kier molecular flexibility index (Phi) is 15.0. The first-order valence-corrected chi connectivity index (χ1v) is 19.6. The number of alkyl halides is 6. The fourth-order valence-electron chi connectivity index (χ4n) is 6.44. The highest BCUT2D eigenvalue weighted by atomic mass is 35.5. The van der Waals surface area contributed by atoms with E-state index in [1.807, 2.05) is 55.6 Å². The first-order valence-electron chi connectivity index (χ1n) is 17.9. The molecule has 0 bridgehead atoms. The van der Waals surface area contributed by atoms with Gasteiger partial charge >= 0.3 is 27.7 Å². The second-order valence-corrected chi connectivity index (χ2v) is 16.6. The van der Waals surface area contributed by atoms with E-state index >= 15 is 0 Å². The van der Waals surface area contributed by atoms with Crippen molar-refractivity contribution >= 4 is 38.9 Å². The zero-order valence-electron chi connectivity index (χ0n) is 32.5. The fraction of sp³-hybridized carbons (Fsp3) is 0.405. The molecule has 15 heteroatoms. The molecule has 0 aliphatic carbocycles. The molecule has 0 saturated heterocycles. The molecule has 0 spiro atoms. The first-order chi connectivity index (χ1) is 26.5. The van der Waals surface area contributed by atoms with Gasteiger partial charge in [-0.2, -0.15) is 26.3 Å². The van der Waals surface area contributed by atoms with E-state index in [1.165, 1.54) is 43.3 Å². The third-order valence-corrected chi connectivity index (χ3v) is 10.8. The largest absolute Gasteiger partial charge is 0.484 e. The van der Waals surface area contributed by atoms with Crippen molar-refractivity contribution in [2.45, 2.75) is 88.4 Å². The molecule has 0 fully saturated rings. The SMILES string of the molecule is COC(O[Si]C(F)(F)F)(C(Oc1ccc(CCCN(C)C(C)(c2ccc(Cl)cc2)c2ccc(Cl)cc2)cc1)C(C)c1cccc(C(=O)OC(C)(C)C)c1)C(F)(F)F. The smallest absolute Gasteiger partial charge is 0.446 e. The molecule has 0 amide bonds. The molecule has 3 unspecified atom stereocenters. The van der Waals surface area contributed by atoms with Gasteiger partial charge in [0.2, 0.25) is 0 Å². The van der Waals surface area contributed by atoms with Crippen LogP contribution in [0.4, 0.5) is 26.3 Å². The third-order valence-electron chi connectivity index (χ3n) is 9.61. The molecular weight excluding hydrogens is 811 g/mol. The minimum atomic E-state index is -5.50. The van der Waals surface area contributed by atoms with Crippen LogP contribution in [-0.4, -0.2) is 70.8 Å². The molecular formula is C42H45Cl2F6NO5Si. The molecule has 0 aromatic heterocycles. The van der Waals surface area contributed by atoms with Crippen molar-refractivity contribution in [1.82, 2.24) is 4.90 Å². The zero-order chi connectivity index (χ0) is 42.4. The molecule has 4 rings (SSSR count). The predicted molar refractivity (Wildman–Crippen MR) is 210 cm³/mol. The molecule has 0 aliphatic rings. The van der Waals surface area contributed by atoms with Crippen LogP contribution in [0.5, 0.6) is 5.75 Å². The Morgan fingerprint density at radius 2 is 1.35 bits per heavy atom. The lowest BCUT2D eigenvalue weighted by molar-refractivity contribution is -0.375. The van der Waals surface area contributed by atoms with Crippen LogP contribution in [0.15, 0.2) is 97.1 Å². The van der Waals surface area contributed by atoms with E-state index in [9.17, 15) is 31.1 Å². The van der Waals surface area contributed by atoms with E-state index in [0.717, 1.165) is 16.7 Å². The van der Waals surface area contributed by atoms with Crippen molar-refractivity contribution in [3.63, 3.8) is 0 Å². The summed E-state index contributed by atoms with van der Waals surface area (Å²) in [5.41, 5.74) is 1.62. The molecule has 0 aliphatic heterocycles. The molecule has 4 aromatic rings. The number of benzene rings is 4. The first kappa shape index (κ1) is 46.1. The van der Waals surface area contributed by atoms with Crippen molar-refractivity contribution in [3.8, 4) is 5.75 Å². The van der Waals surface area contributed by atoms with Gasteiger partial charge in [0.25, 0.3) is 5.79 Å². The second-order valence-electron chi connectivity index (χ2n) is 14.8. The summed E-state index contributed by atoms with van der Waals surface area (Å²) in [5, 5.41) is 1.22. The number of nitrogens with zero attached hydrogens (tertiary/aromatic N) is 1. The van der Waals surface area contributed by atoms with Gasteiger partial charge in [0.15, 0.2) is 6.10 Å². The maximum absolute atomic E-state index is 15.0. The molecule has 57 heavy (non-hydrogen) atoms. The number of esters is 1. The van der Waals surface area contributed by atoms with Crippen LogP contribution in [0.2, 0.25) is 10.0 Å². The van der Waals surface area contributed by atoms with Crippen LogP contribution >= 0.6 is 23.2 Å². The number of methoxy groups -OCH3 is 1. The summed E-state index contributed by atoms with van der Waals surface area (Å²) >= 11 is 12.4. The quantitative estimate of drug-likeness (QED) is 0.0484. The van der Waals surface area contributed by atoms with E-state index in [-0.39, 0.29) is 16.9 Å². The summed E-state index contributed by atoms with van der Waals surface area (Å²) in [6.07, 6.45) is -6.45. The van der Waals surface area contributed by atoms with Gasteiger partial charge in [-0.1, -0.05) is 78.7 Å². The Balaban J connectivity index is 1.60. The Labute approximate surface area is 342 Å². The normalized spacial score (nSPS) is 14.9. The minimum Gasteiger partial charge on any atom is -0.484 e. The molecule has 308 valence electrons. The number of carbonyl (C=O) groups excluding carboxylic acids is 1. The summed E-state index contributed by atoms with van der Waals surface area (Å²) in [6, 6.07) is 27.1. The summed E-state index contributed by atoms with van der Waals surface area (Å²) in [7, 11) is 0.0398. The minimum absolute atomic E-state index is 0.0257. The van der Waals surface area contributed by atoms with E-state index in [4.69, 9.17) is 37.4 Å². The summed E-state index contributed by atoms with van der Waals surface area (Å²) in [4.78, 5) is 15.1. The molecule has 6 nitrogen and oxygen atoms in total. The van der Waals surface area contributed by atoms with Crippen LogP contribution in [0.25, 0.3) is 0 Å². The maximum Gasteiger partial charge on any atom is 0.446 e. The highest BCUT2D eigenvalue weighted by Gasteiger charge is 2.66. The van der Waals surface area contributed by atoms with Crippen LogP contribution in [-0.2, 0) is 25.9 Å². The molecule has 2 radical (unpaired) electrons. The lowest BCUT2D eigenvalue weighted by Crippen LogP contribution is -2.63. The zero-order valence-corrected chi connectivity index (χ0v) is 35.0. The lowest BCUT2D eigenvalue weighted by atomic mass is 9.83. The maximum atomic E-state index is 15.0. The van der Waals surface area contributed by atoms with Crippen molar-refractivity contribution in [1.29, 1.82) is 0 Å². The number of hydrogen-bond donors (Lipinski definition) is 0. The van der Waals surface area contributed by atoms with Gasteiger partial charge < -0.3 is 18.6 Å². The van der Waals surface area contributed by atoms with Crippen LogP contribution in [0.3, 0.4) is 0 Å². The van der Waals surface area contributed by atoms with Crippen LogP contribution in [0.1, 0.15) is 79.6 Å². The Morgan fingerprint density at radius 1 is 0.807 bits per heavy atom. The molecule has 0 saturated carbocycles. The molecule has 3 atom stereocenters. The Hall–Kier alpha value is -3.59. The number of hydrogen-bond acceptors (Lipinski definition) is 6. The Bertz CT molecular complexity index is 1880. The Morgan fingerprint density at radius 3 is 1.82 bits per heavy atom. The van der Waals surface area contributed by atoms with Gasteiger partial charge in [-0.15, -0.1) is 0 Å². The summed E-state index contributed by atoms with van der Waals surface area (Å²) in [5.74, 6) is -11.1. The fourth-order valence-corrected chi connectivity index (χ4v) is 7.27. The van der Waals surface area contributed by atoms with Crippen molar-refractivity contribution in [2.75, 3.05) is 20.7 Å². The van der Waals surface area contributed by atoms with E-state index in [2.05, 4.69) is 16.2 Å². The lowest BCUT2D eigenvalue weighted by Gasteiger charge is -2.42. The highest BCUT2D eigenvalue weighted by molar-refractivity contribution is 6.31. The van der Waals surface area contributed by atoms with E-state index < -0.39 is 56.7 Å². The average molecular weight is 857 g/mol. The topological polar surface area (TPSA) is 57.2 Å².